The summed E-state index contributed by atoms with van der Waals surface area (Å²) in [5, 5.41) is 13.2. The molecule has 3 rings (SSSR count). The summed E-state index contributed by atoms with van der Waals surface area (Å²) in [6.07, 6.45) is -5.08. The summed E-state index contributed by atoms with van der Waals surface area (Å²) in [4.78, 5) is 23.8. The van der Waals surface area contributed by atoms with E-state index in [4.69, 9.17) is 14.6 Å². The third kappa shape index (κ3) is 8.89. The molecule has 1 saturated heterocycles. The number of amides is 1. The molecule has 14 heteroatoms. The standard InChI is InChI=1S/C22H30N4O4S.C2HF3O2/c1-16-4-7-21(17(2)14-16)31(28,29)25-19-15-18(22(27)24-10-13-30-3)5-6-20(19)26-11-8-23-9-12-26;3-2(4,5)1(6)7/h4-7,14-15,23,25H,8-13H2,1-3H3,(H,24,27);(H,6,7). The van der Waals surface area contributed by atoms with Crippen LogP contribution in [0.5, 0.6) is 0 Å². The number of aryl methyl sites for hydroxylation is 2. The smallest absolute Gasteiger partial charge is 0.475 e. The first-order valence-electron chi connectivity index (χ1n) is 11.5. The second-order valence-electron chi connectivity index (χ2n) is 8.40. The first-order valence-corrected chi connectivity index (χ1v) is 13.0. The summed E-state index contributed by atoms with van der Waals surface area (Å²) >= 11 is 0. The Kier molecular flexibility index (Phi) is 10.9. The predicted octanol–water partition coefficient (Wildman–Crippen LogP) is 2.52. The summed E-state index contributed by atoms with van der Waals surface area (Å²) in [7, 11) is -2.27. The number of benzene rings is 2. The highest BCUT2D eigenvalue weighted by molar-refractivity contribution is 7.92. The van der Waals surface area contributed by atoms with Crippen molar-refractivity contribution in [3.8, 4) is 0 Å². The van der Waals surface area contributed by atoms with Crippen molar-refractivity contribution in [2.75, 3.05) is 56.1 Å². The number of nitrogens with one attached hydrogen (secondary N) is 3. The number of carboxylic acid groups (broad SMARTS) is 1. The van der Waals surface area contributed by atoms with Crippen LogP contribution in [0.4, 0.5) is 24.5 Å². The Morgan fingerprint density at radius 3 is 2.29 bits per heavy atom. The number of sulfonamides is 1. The fourth-order valence-electron chi connectivity index (χ4n) is 3.61. The molecule has 1 heterocycles. The normalized spacial score (nSPS) is 13.8. The van der Waals surface area contributed by atoms with Gasteiger partial charge in [-0.25, -0.2) is 13.2 Å². The van der Waals surface area contributed by atoms with Crippen molar-refractivity contribution in [3.63, 3.8) is 0 Å². The average Bonchev–Trinajstić information content (AvgIpc) is 2.84. The molecule has 1 aliphatic heterocycles. The molecule has 0 bridgehead atoms. The number of hydrogen-bond donors (Lipinski definition) is 4. The van der Waals surface area contributed by atoms with Gasteiger partial charge in [-0.2, -0.15) is 13.2 Å². The molecule has 38 heavy (non-hydrogen) atoms. The number of halogens is 3. The first-order chi connectivity index (χ1) is 17.8. The number of ether oxygens (including phenoxy) is 1. The van der Waals surface area contributed by atoms with E-state index in [-0.39, 0.29) is 10.8 Å². The molecule has 0 radical (unpaired) electrons. The van der Waals surface area contributed by atoms with Crippen molar-refractivity contribution in [3.05, 3.63) is 53.1 Å². The third-order valence-electron chi connectivity index (χ3n) is 5.41. The predicted molar refractivity (Wildman–Crippen MR) is 136 cm³/mol. The fraction of sp³-hybridized carbons (Fsp3) is 0.417. The number of aliphatic carboxylic acids is 1. The zero-order valence-corrected chi connectivity index (χ0v) is 22.0. The minimum absolute atomic E-state index is 0.222. The summed E-state index contributed by atoms with van der Waals surface area (Å²) in [6.45, 7) is 7.58. The molecule has 4 N–H and O–H groups in total. The topological polar surface area (TPSA) is 137 Å². The van der Waals surface area contributed by atoms with Crippen LogP contribution < -0.4 is 20.3 Å². The van der Waals surface area contributed by atoms with E-state index >= 15 is 0 Å². The lowest BCUT2D eigenvalue weighted by Gasteiger charge is -2.31. The summed E-state index contributed by atoms with van der Waals surface area (Å²) in [6, 6.07) is 10.3. The van der Waals surface area contributed by atoms with E-state index in [1.807, 2.05) is 13.0 Å². The van der Waals surface area contributed by atoms with Crippen LogP contribution in [-0.2, 0) is 19.6 Å². The number of nitrogens with zero attached hydrogens (tertiary/aromatic N) is 1. The van der Waals surface area contributed by atoms with Gasteiger partial charge in [-0.15, -0.1) is 0 Å². The Bertz CT molecular complexity index is 1230. The van der Waals surface area contributed by atoms with Gasteiger partial charge >= 0.3 is 12.1 Å². The van der Waals surface area contributed by atoms with Crippen molar-refractivity contribution >= 4 is 33.3 Å². The Morgan fingerprint density at radius 2 is 1.74 bits per heavy atom. The van der Waals surface area contributed by atoms with Gasteiger partial charge in [0.1, 0.15) is 0 Å². The number of alkyl halides is 3. The minimum atomic E-state index is -5.08. The largest absolute Gasteiger partial charge is 0.490 e. The van der Waals surface area contributed by atoms with Crippen LogP contribution >= 0.6 is 0 Å². The van der Waals surface area contributed by atoms with E-state index in [1.165, 1.54) is 0 Å². The zero-order valence-electron chi connectivity index (χ0n) is 21.2. The van der Waals surface area contributed by atoms with Crippen molar-refractivity contribution in [2.45, 2.75) is 24.9 Å². The van der Waals surface area contributed by atoms with Gasteiger partial charge < -0.3 is 25.4 Å². The van der Waals surface area contributed by atoms with Gasteiger partial charge in [0.15, 0.2) is 0 Å². The highest BCUT2D eigenvalue weighted by Gasteiger charge is 2.38. The number of rotatable bonds is 8. The molecule has 10 nitrogen and oxygen atoms in total. The molecule has 2 aromatic carbocycles. The van der Waals surface area contributed by atoms with E-state index in [9.17, 15) is 26.4 Å². The van der Waals surface area contributed by atoms with Crippen LogP contribution in [-0.4, -0.2) is 78.0 Å². The summed E-state index contributed by atoms with van der Waals surface area (Å²) < 4.78 is 65.8. The molecule has 0 aliphatic carbocycles. The molecule has 0 spiro atoms. The molecule has 0 unspecified atom stereocenters. The second-order valence-corrected chi connectivity index (χ2v) is 10.0. The van der Waals surface area contributed by atoms with E-state index < -0.39 is 22.2 Å². The van der Waals surface area contributed by atoms with Gasteiger partial charge in [0, 0.05) is 45.4 Å². The quantitative estimate of drug-likeness (QED) is 0.362. The van der Waals surface area contributed by atoms with Crippen LogP contribution in [0.25, 0.3) is 0 Å². The maximum atomic E-state index is 13.2. The SMILES string of the molecule is COCCNC(=O)c1ccc(N2CCNCC2)c(NS(=O)(=O)c2ccc(C)cc2C)c1.O=C(O)C(F)(F)F. The molecule has 1 fully saturated rings. The van der Waals surface area contributed by atoms with Gasteiger partial charge in [-0.1, -0.05) is 17.7 Å². The molecule has 1 aliphatic rings. The fourth-order valence-corrected chi connectivity index (χ4v) is 4.90. The summed E-state index contributed by atoms with van der Waals surface area (Å²) in [5.41, 5.74) is 3.19. The maximum absolute atomic E-state index is 13.2. The molecule has 210 valence electrons. The monoisotopic (exact) mass is 560 g/mol. The number of carbonyl (C=O) groups excluding carboxylic acids is 1. The molecule has 2 aromatic rings. The van der Waals surface area contributed by atoms with Gasteiger partial charge in [0.2, 0.25) is 0 Å². The number of anilines is 2. The molecule has 0 aromatic heterocycles. The Labute approximate surface area is 219 Å². The molecular weight excluding hydrogens is 529 g/mol. The van der Waals surface area contributed by atoms with Gasteiger partial charge in [-0.05, 0) is 43.7 Å². The number of carbonyl (C=O) groups is 2. The lowest BCUT2D eigenvalue weighted by molar-refractivity contribution is -0.192. The molecular formula is C24H31F3N4O6S. The lowest BCUT2D eigenvalue weighted by Crippen LogP contribution is -2.43. The minimum Gasteiger partial charge on any atom is -0.475 e. The van der Waals surface area contributed by atoms with Crippen LogP contribution in [0.15, 0.2) is 41.3 Å². The first kappa shape index (κ1) is 30.9. The van der Waals surface area contributed by atoms with Crippen LogP contribution in [0.3, 0.4) is 0 Å². The maximum Gasteiger partial charge on any atom is 0.490 e. The van der Waals surface area contributed by atoms with E-state index in [1.54, 1.807) is 44.4 Å². The van der Waals surface area contributed by atoms with Crippen LogP contribution in [0.2, 0.25) is 0 Å². The van der Waals surface area contributed by atoms with Gasteiger partial charge in [0.05, 0.1) is 22.9 Å². The lowest BCUT2D eigenvalue weighted by atomic mass is 10.1. The van der Waals surface area contributed by atoms with Crippen molar-refractivity contribution in [2.24, 2.45) is 0 Å². The Balaban J connectivity index is 0.000000638. The van der Waals surface area contributed by atoms with E-state index in [0.717, 1.165) is 37.4 Å². The Morgan fingerprint density at radius 1 is 1.11 bits per heavy atom. The van der Waals surface area contributed by atoms with Crippen molar-refractivity contribution < 1.29 is 41.0 Å². The highest BCUT2D eigenvalue weighted by Crippen LogP contribution is 2.30. The zero-order chi connectivity index (χ0) is 28.5. The highest BCUT2D eigenvalue weighted by atomic mass is 32.2. The van der Waals surface area contributed by atoms with E-state index in [2.05, 4.69) is 20.3 Å². The van der Waals surface area contributed by atoms with E-state index in [0.29, 0.717) is 30.0 Å². The van der Waals surface area contributed by atoms with Gasteiger partial charge in [0.25, 0.3) is 15.9 Å². The molecule has 0 atom stereocenters. The van der Waals surface area contributed by atoms with Crippen LogP contribution in [0.1, 0.15) is 21.5 Å². The molecule has 0 saturated carbocycles. The Hall–Kier alpha value is -3.36. The second kappa shape index (κ2) is 13.4. The molecule has 1 amide bonds. The van der Waals surface area contributed by atoms with Crippen molar-refractivity contribution in [1.82, 2.24) is 10.6 Å². The number of methoxy groups -OCH3 is 1. The third-order valence-corrected chi connectivity index (χ3v) is 6.94. The summed E-state index contributed by atoms with van der Waals surface area (Å²) in [5.74, 6) is -3.04. The number of carboxylic acids is 1. The van der Waals surface area contributed by atoms with Gasteiger partial charge in [-0.3, -0.25) is 9.52 Å². The van der Waals surface area contributed by atoms with Crippen LogP contribution in [0, 0.1) is 13.8 Å². The number of piperazine rings is 1. The average molecular weight is 561 g/mol. The van der Waals surface area contributed by atoms with Crippen molar-refractivity contribution in [1.29, 1.82) is 0 Å². The number of hydrogen-bond acceptors (Lipinski definition) is 7.